The van der Waals surface area contributed by atoms with Crippen LogP contribution in [-0.4, -0.2) is 11.2 Å². The molecule has 0 aliphatic carbocycles. The van der Waals surface area contributed by atoms with Crippen molar-refractivity contribution < 1.29 is 4.79 Å². The molecule has 108 valence electrons. The fourth-order valence-corrected chi connectivity index (χ4v) is 3.82. The van der Waals surface area contributed by atoms with Gasteiger partial charge in [0.15, 0.2) is 0 Å². The second kappa shape index (κ2) is 5.94. The number of hydrogen-bond donors (Lipinski definition) is 1. The maximum Gasteiger partial charge on any atom is 0.238 e. The average Bonchev–Trinajstić information content (AvgIpc) is 2.91. The summed E-state index contributed by atoms with van der Waals surface area (Å²) >= 11 is 1.67. The summed E-state index contributed by atoms with van der Waals surface area (Å²) in [5.74, 6) is 0.0955. The van der Waals surface area contributed by atoms with Gasteiger partial charge >= 0.3 is 0 Å². The van der Waals surface area contributed by atoms with Gasteiger partial charge in [-0.15, -0.1) is 11.8 Å². The van der Waals surface area contributed by atoms with Crippen molar-refractivity contribution in [3.63, 3.8) is 0 Å². The van der Waals surface area contributed by atoms with Gasteiger partial charge in [-0.1, -0.05) is 36.8 Å². The van der Waals surface area contributed by atoms with Crippen LogP contribution in [0.1, 0.15) is 23.6 Å². The van der Waals surface area contributed by atoms with Crippen molar-refractivity contribution in [1.29, 1.82) is 0 Å². The third kappa shape index (κ3) is 3.13. The van der Waals surface area contributed by atoms with Crippen molar-refractivity contribution in [3.8, 4) is 0 Å². The van der Waals surface area contributed by atoms with Gasteiger partial charge in [-0.25, -0.2) is 0 Å². The number of aryl methyl sites for hydroxylation is 2. The van der Waals surface area contributed by atoms with E-state index >= 15 is 0 Å². The standard InChI is InChI=1S/C18H19NOS/c1-3-13-5-8-15(9-6-13)19-18(20)17-11-14-7-4-12(2)10-16(14)21-17/h4-10,17H,3,11H2,1-2H3,(H,19,20). The highest BCUT2D eigenvalue weighted by Crippen LogP contribution is 2.38. The van der Waals surface area contributed by atoms with Crippen LogP contribution < -0.4 is 5.32 Å². The highest BCUT2D eigenvalue weighted by atomic mass is 32.2. The second-order valence-corrected chi connectivity index (χ2v) is 6.71. The minimum atomic E-state index is -0.0207. The number of nitrogens with one attached hydrogen (secondary N) is 1. The lowest BCUT2D eigenvalue weighted by molar-refractivity contribution is -0.115. The number of carbonyl (C=O) groups is 1. The molecule has 0 radical (unpaired) electrons. The molecule has 0 aromatic heterocycles. The molecule has 0 bridgehead atoms. The first kappa shape index (κ1) is 14.2. The Hall–Kier alpha value is -1.74. The Morgan fingerprint density at radius 1 is 1.24 bits per heavy atom. The van der Waals surface area contributed by atoms with Gasteiger partial charge in [0.2, 0.25) is 5.91 Å². The fourth-order valence-electron chi connectivity index (χ4n) is 2.53. The van der Waals surface area contributed by atoms with E-state index < -0.39 is 0 Å². The van der Waals surface area contributed by atoms with E-state index in [4.69, 9.17) is 0 Å². The molecule has 0 saturated heterocycles. The van der Waals surface area contributed by atoms with E-state index in [2.05, 4.69) is 49.5 Å². The Kier molecular flexibility index (Phi) is 4.02. The molecule has 2 aromatic carbocycles. The number of carbonyl (C=O) groups excluding carboxylic acids is 1. The summed E-state index contributed by atoms with van der Waals surface area (Å²) in [4.78, 5) is 13.6. The molecule has 0 fully saturated rings. The van der Waals surface area contributed by atoms with Crippen LogP contribution in [0.4, 0.5) is 5.69 Å². The summed E-state index contributed by atoms with van der Waals surface area (Å²) in [6.45, 7) is 4.21. The monoisotopic (exact) mass is 297 g/mol. The molecular formula is C18H19NOS. The van der Waals surface area contributed by atoms with E-state index in [1.54, 1.807) is 11.8 Å². The summed E-state index contributed by atoms with van der Waals surface area (Å²) in [6.07, 6.45) is 1.83. The van der Waals surface area contributed by atoms with E-state index in [-0.39, 0.29) is 11.2 Å². The first-order valence-electron chi connectivity index (χ1n) is 7.31. The van der Waals surface area contributed by atoms with Crippen LogP contribution in [0.25, 0.3) is 0 Å². The SMILES string of the molecule is CCc1ccc(NC(=O)C2Cc3ccc(C)cc3S2)cc1. The van der Waals surface area contributed by atoms with Crippen molar-refractivity contribution in [2.24, 2.45) is 0 Å². The Bertz CT molecular complexity index is 663. The van der Waals surface area contributed by atoms with Crippen LogP contribution in [-0.2, 0) is 17.6 Å². The molecule has 1 N–H and O–H groups in total. The van der Waals surface area contributed by atoms with Crippen LogP contribution in [0.3, 0.4) is 0 Å². The van der Waals surface area contributed by atoms with Gasteiger partial charge < -0.3 is 5.32 Å². The fraction of sp³-hybridized carbons (Fsp3) is 0.278. The molecular weight excluding hydrogens is 278 g/mol. The van der Waals surface area contributed by atoms with Crippen LogP contribution >= 0.6 is 11.8 Å². The lowest BCUT2D eigenvalue weighted by atomic mass is 10.1. The van der Waals surface area contributed by atoms with Gasteiger partial charge in [-0.2, -0.15) is 0 Å². The average molecular weight is 297 g/mol. The molecule has 1 heterocycles. The third-order valence-corrected chi connectivity index (χ3v) is 5.12. The predicted molar refractivity (Wildman–Crippen MR) is 89.0 cm³/mol. The van der Waals surface area contributed by atoms with Crippen LogP contribution in [0.2, 0.25) is 0 Å². The second-order valence-electron chi connectivity index (χ2n) is 5.46. The maximum absolute atomic E-state index is 12.4. The number of fused-ring (bicyclic) bond motifs is 1. The van der Waals surface area contributed by atoms with Crippen molar-refractivity contribution in [3.05, 3.63) is 59.2 Å². The molecule has 21 heavy (non-hydrogen) atoms. The van der Waals surface area contributed by atoms with Crippen molar-refractivity contribution in [2.45, 2.75) is 36.8 Å². The molecule has 1 aliphatic heterocycles. The summed E-state index contributed by atoms with van der Waals surface area (Å²) in [5, 5.41) is 3.00. The summed E-state index contributed by atoms with van der Waals surface area (Å²) < 4.78 is 0. The first-order chi connectivity index (χ1) is 10.2. The zero-order valence-electron chi connectivity index (χ0n) is 12.3. The highest BCUT2D eigenvalue weighted by Gasteiger charge is 2.28. The van der Waals surface area contributed by atoms with E-state index in [9.17, 15) is 4.79 Å². The van der Waals surface area contributed by atoms with Crippen LogP contribution in [0, 0.1) is 6.92 Å². The molecule has 1 atom stereocenters. The highest BCUT2D eigenvalue weighted by molar-refractivity contribution is 8.01. The molecule has 0 saturated carbocycles. The third-order valence-electron chi connectivity index (χ3n) is 3.82. The molecule has 1 amide bonds. The lowest BCUT2D eigenvalue weighted by Crippen LogP contribution is -2.24. The minimum absolute atomic E-state index is 0.0207. The largest absolute Gasteiger partial charge is 0.325 e. The minimum Gasteiger partial charge on any atom is -0.325 e. The van der Waals surface area contributed by atoms with E-state index in [0.717, 1.165) is 18.5 Å². The predicted octanol–water partition coefficient (Wildman–Crippen LogP) is 4.21. The summed E-state index contributed by atoms with van der Waals surface area (Å²) in [5.41, 5.74) is 4.70. The van der Waals surface area contributed by atoms with E-state index in [1.807, 2.05) is 12.1 Å². The summed E-state index contributed by atoms with van der Waals surface area (Å²) in [7, 11) is 0. The van der Waals surface area contributed by atoms with E-state index in [1.165, 1.54) is 21.6 Å². The van der Waals surface area contributed by atoms with Crippen LogP contribution in [0.5, 0.6) is 0 Å². The topological polar surface area (TPSA) is 29.1 Å². The van der Waals surface area contributed by atoms with Crippen LogP contribution in [0.15, 0.2) is 47.4 Å². The van der Waals surface area contributed by atoms with Gasteiger partial charge in [0.25, 0.3) is 0 Å². The van der Waals surface area contributed by atoms with Gasteiger partial charge in [-0.3, -0.25) is 4.79 Å². The van der Waals surface area contributed by atoms with Crippen molar-refractivity contribution >= 4 is 23.4 Å². The first-order valence-corrected chi connectivity index (χ1v) is 8.19. The molecule has 0 spiro atoms. The smallest absolute Gasteiger partial charge is 0.238 e. The molecule has 3 rings (SSSR count). The number of hydrogen-bond acceptors (Lipinski definition) is 2. The number of anilines is 1. The number of benzene rings is 2. The number of rotatable bonds is 3. The van der Waals surface area contributed by atoms with Crippen molar-refractivity contribution in [1.82, 2.24) is 0 Å². The van der Waals surface area contributed by atoms with Gasteiger partial charge in [-0.05, 0) is 49.1 Å². The molecule has 3 heteroatoms. The molecule has 2 aromatic rings. The number of amides is 1. The number of thioether (sulfide) groups is 1. The quantitative estimate of drug-likeness (QED) is 0.919. The Morgan fingerprint density at radius 3 is 2.71 bits per heavy atom. The molecule has 1 unspecified atom stereocenters. The Morgan fingerprint density at radius 2 is 2.00 bits per heavy atom. The lowest BCUT2D eigenvalue weighted by Gasteiger charge is -2.10. The zero-order chi connectivity index (χ0) is 14.8. The Labute approximate surface area is 130 Å². The van der Waals surface area contributed by atoms with Gasteiger partial charge in [0, 0.05) is 10.6 Å². The van der Waals surface area contributed by atoms with Crippen molar-refractivity contribution in [2.75, 3.05) is 5.32 Å². The van der Waals surface area contributed by atoms with E-state index in [0.29, 0.717) is 0 Å². The normalized spacial score (nSPS) is 16.6. The summed E-state index contributed by atoms with van der Waals surface area (Å²) in [6, 6.07) is 14.5. The molecule has 2 nitrogen and oxygen atoms in total. The van der Waals surface area contributed by atoms with Gasteiger partial charge in [0.1, 0.15) is 0 Å². The van der Waals surface area contributed by atoms with Gasteiger partial charge in [0.05, 0.1) is 5.25 Å². The maximum atomic E-state index is 12.4. The molecule has 1 aliphatic rings. The zero-order valence-corrected chi connectivity index (χ0v) is 13.2. The Balaban J connectivity index is 1.67.